The Kier molecular flexibility index (Phi) is 7.98. The summed E-state index contributed by atoms with van der Waals surface area (Å²) < 4.78 is 5.76. The summed E-state index contributed by atoms with van der Waals surface area (Å²) >= 11 is 0. The van der Waals surface area contributed by atoms with Crippen molar-refractivity contribution < 1.29 is 14.6 Å². The maximum atomic E-state index is 12.2. The summed E-state index contributed by atoms with van der Waals surface area (Å²) in [6.45, 7) is 20.7. The van der Waals surface area contributed by atoms with Gasteiger partial charge in [0.1, 0.15) is 11.5 Å². The van der Waals surface area contributed by atoms with Crippen LogP contribution >= 0.6 is 0 Å². The number of hydrogen-bond donors (Lipinski definition) is 1. The maximum absolute atomic E-state index is 12.2. The summed E-state index contributed by atoms with van der Waals surface area (Å²) in [5.41, 5.74) is 4.59. The average molecular weight is 437 g/mol. The van der Waals surface area contributed by atoms with Crippen molar-refractivity contribution in [2.24, 2.45) is 0 Å². The normalized spacial score (nSPS) is 13.0. The SMILES string of the molecule is C=CC(=O)Oc1c(CCCC)cccc1C(C)c1cc(C(C)(C)C)cc(C(C)(C)C)c1O. The molecular formula is C29H40O3. The van der Waals surface area contributed by atoms with Gasteiger partial charge in [0, 0.05) is 23.1 Å². The molecule has 2 rings (SSSR count). The number of phenolic OH excluding ortho intramolecular Hbond substituents is 1. The second kappa shape index (κ2) is 9.94. The number of ether oxygens (including phenoxy) is 1. The Balaban J connectivity index is 2.74. The van der Waals surface area contributed by atoms with Gasteiger partial charge in [0.15, 0.2) is 0 Å². The van der Waals surface area contributed by atoms with Crippen molar-refractivity contribution in [2.75, 3.05) is 0 Å². The third-order valence-electron chi connectivity index (χ3n) is 6.04. The third kappa shape index (κ3) is 5.82. The predicted molar refractivity (Wildman–Crippen MR) is 134 cm³/mol. The van der Waals surface area contributed by atoms with E-state index >= 15 is 0 Å². The van der Waals surface area contributed by atoms with E-state index < -0.39 is 5.97 Å². The van der Waals surface area contributed by atoms with E-state index in [-0.39, 0.29) is 16.7 Å². The Morgan fingerprint density at radius 3 is 2.28 bits per heavy atom. The van der Waals surface area contributed by atoms with Crippen molar-refractivity contribution in [2.45, 2.75) is 91.4 Å². The largest absolute Gasteiger partial charge is 0.507 e. The highest BCUT2D eigenvalue weighted by molar-refractivity contribution is 5.84. The Morgan fingerprint density at radius 2 is 1.75 bits per heavy atom. The molecule has 174 valence electrons. The van der Waals surface area contributed by atoms with E-state index in [4.69, 9.17) is 4.74 Å². The highest BCUT2D eigenvalue weighted by Crippen LogP contribution is 2.44. The number of esters is 1. The fourth-order valence-corrected chi connectivity index (χ4v) is 3.94. The molecule has 0 bridgehead atoms. The number of benzene rings is 2. The second-order valence-electron chi connectivity index (χ2n) is 10.7. The monoisotopic (exact) mass is 436 g/mol. The molecule has 0 radical (unpaired) electrons. The molecule has 0 aliphatic carbocycles. The molecule has 0 aliphatic rings. The molecule has 0 aromatic heterocycles. The van der Waals surface area contributed by atoms with E-state index in [0.717, 1.165) is 41.5 Å². The fraction of sp³-hybridized carbons (Fsp3) is 0.483. The van der Waals surface area contributed by atoms with Crippen molar-refractivity contribution in [3.05, 3.63) is 70.8 Å². The molecule has 0 spiro atoms. The van der Waals surface area contributed by atoms with E-state index in [9.17, 15) is 9.90 Å². The first-order valence-electron chi connectivity index (χ1n) is 11.6. The van der Waals surface area contributed by atoms with E-state index in [0.29, 0.717) is 11.5 Å². The number of aryl methyl sites for hydroxylation is 1. The van der Waals surface area contributed by atoms with Crippen molar-refractivity contribution in [1.82, 2.24) is 0 Å². The lowest BCUT2D eigenvalue weighted by Crippen LogP contribution is -2.18. The molecule has 1 unspecified atom stereocenters. The van der Waals surface area contributed by atoms with Crippen molar-refractivity contribution in [3.63, 3.8) is 0 Å². The van der Waals surface area contributed by atoms with Gasteiger partial charge in [-0.3, -0.25) is 0 Å². The molecule has 1 atom stereocenters. The number of hydrogen-bond acceptors (Lipinski definition) is 3. The van der Waals surface area contributed by atoms with Gasteiger partial charge >= 0.3 is 5.97 Å². The second-order valence-corrected chi connectivity index (χ2v) is 10.7. The van der Waals surface area contributed by atoms with Gasteiger partial charge in [-0.2, -0.15) is 0 Å². The smallest absolute Gasteiger partial charge is 0.335 e. The highest BCUT2D eigenvalue weighted by atomic mass is 16.5. The summed E-state index contributed by atoms with van der Waals surface area (Å²) in [6, 6.07) is 10.3. The molecule has 0 fully saturated rings. The van der Waals surface area contributed by atoms with Gasteiger partial charge in [0.25, 0.3) is 0 Å². The van der Waals surface area contributed by atoms with Gasteiger partial charge in [0.2, 0.25) is 0 Å². The maximum Gasteiger partial charge on any atom is 0.335 e. The molecule has 0 amide bonds. The number of para-hydroxylation sites is 1. The molecule has 2 aromatic rings. The summed E-state index contributed by atoms with van der Waals surface area (Å²) in [6.07, 6.45) is 4.09. The predicted octanol–water partition coefficient (Wildman–Crippen LogP) is 7.57. The zero-order valence-corrected chi connectivity index (χ0v) is 21.1. The average Bonchev–Trinajstić information content (AvgIpc) is 2.70. The van der Waals surface area contributed by atoms with Crippen LogP contribution in [-0.2, 0) is 22.0 Å². The number of aromatic hydroxyl groups is 1. The minimum atomic E-state index is -0.467. The topological polar surface area (TPSA) is 46.5 Å². The standard InChI is InChI=1S/C29H40O3/c1-10-12-14-20-15-13-16-22(27(20)32-25(30)11-2)19(3)23-17-21(28(4,5)6)18-24(26(23)31)29(7,8)9/h11,13,15-19,31H,2,10,12,14H2,1,3-9H3. The van der Waals surface area contributed by atoms with Gasteiger partial charge in [-0.1, -0.05) is 98.7 Å². The zero-order chi connectivity index (χ0) is 24.3. The first-order valence-corrected chi connectivity index (χ1v) is 11.6. The van der Waals surface area contributed by atoms with Crippen LogP contribution in [0.15, 0.2) is 43.0 Å². The van der Waals surface area contributed by atoms with Gasteiger partial charge in [0.05, 0.1) is 0 Å². The number of rotatable bonds is 7. The minimum Gasteiger partial charge on any atom is -0.507 e. The Bertz CT molecular complexity index is 971. The number of carbonyl (C=O) groups excluding carboxylic acids is 1. The summed E-state index contributed by atoms with van der Waals surface area (Å²) in [4.78, 5) is 12.2. The zero-order valence-electron chi connectivity index (χ0n) is 21.1. The van der Waals surface area contributed by atoms with Crippen LogP contribution in [0.5, 0.6) is 11.5 Å². The molecule has 1 N–H and O–H groups in total. The van der Waals surface area contributed by atoms with Gasteiger partial charge in [-0.05, 0) is 40.4 Å². The molecule has 0 saturated heterocycles. The first kappa shape index (κ1) is 25.7. The quantitative estimate of drug-likeness (QED) is 0.276. The van der Waals surface area contributed by atoms with E-state index in [1.807, 2.05) is 18.2 Å². The van der Waals surface area contributed by atoms with E-state index in [2.05, 4.69) is 74.1 Å². The van der Waals surface area contributed by atoms with Crippen molar-refractivity contribution in [3.8, 4) is 11.5 Å². The van der Waals surface area contributed by atoms with Crippen LogP contribution in [0.2, 0.25) is 0 Å². The lowest BCUT2D eigenvalue weighted by Gasteiger charge is -2.29. The van der Waals surface area contributed by atoms with Gasteiger partial charge < -0.3 is 9.84 Å². The Labute approximate surface area is 194 Å². The number of unbranched alkanes of at least 4 members (excludes halogenated alkanes) is 1. The Hall–Kier alpha value is -2.55. The first-order chi connectivity index (χ1) is 14.8. The summed E-state index contributed by atoms with van der Waals surface area (Å²) in [5, 5.41) is 11.4. The van der Waals surface area contributed by atoms with Gasteiger partial charge in [-0.25, -0.2) is 4.79 Å². The molecule has 32 heavy (non-hydrogen) atoms. The molecule has 0 saturated carbocycles. The third-order valence-corrected chi connectivity index (χ3v) is 6.04. The molecule has 3 heteroatoms. The van der Waals surface area contributed by atoms with Crippen LogP contribution in [-0.4, -0.2) is 11.1 Å². The molecule has 3 nitrogen and oxygen atoms in total. The van der Waals surface area contributed by atoms with Crippen LogP contribution in [0.1, 0.15) is 102 Å². The molecule has 0 aliphatic heterocycles. The minimum absolute atomic E-state index is 0.0662. The Morgan fingerprint density at radius 1 is 1.09 bits per heavy atom. The molecule has 0 heterocycles. The van der Waals surface area contributed by atoms with E-state index in [1.54, 1.807) is 0 Å². The molecule has 2 aromatic carbocycles. The highest BCUT2D eigenvalue weighted by Gasteiger charge is 2.28. The lowest BCUT2D eigenvalue weighted by atomic mass is 9.76. The van der Waals surface area contributed by atoms with Crippen LogP contribution in [0.3, 0.4) is 0 Å². The van der Waals surface area contributed by atoms with Crippen molar-refractivity contribution >= 4 is 5.97 Å². The summed E-state index contributed by atoms with van der Waals surface area (Å²) in [7, 11) is 0. The number of carbonyl (C=O) groups is 1. The van der Waals surface area contributed by atoms with Crippen LogP contribution in [0.25, 0.3) is 0 Å². The van der Waals surface area contributed by atoms with Crippen molar-refractivity contribution in [1.29, 1.82) is 0 Å². The van der Waals surface area contributed by atoms with E-state index in [1.165, 1.54) is 11.6 Å². The number of phenols is 1. The van der Waals surface area contributed by atoms with Gasteiger partial charge in [-0.15, -0.1) is 0 Å². The molecular weight excluding hydrogens is 396 g/mol. The fourth-order valence-electron chi connectivity index (χ4n) is 3.94. The van der Waals surface area contributed by atoms with Crippen LogP contribution < -0.4 is 4.74 Å². The summed E-state index contributed by atoms with van der Waals surface area (Å²) in [5.74, 6) is 0.284. The van der Waals surface area contributed by atoms with Crippen LogP contribution in [0, 0.1) is 0 Å². The van der Waals surface area contributed by atoms with Crippen LogP contribution in [0.4, 0.5) is 0 Å². The lowest BCUT2D eigenvalue weighted by molar-refractivity contribution is -0.129.